The Morgan fingerprint density at radius 2 is 1.64 bits per heavy atom. The number of likely N-dealkylation sites (tertiary alicyclic amines) is 2. The molecule has 6 heteroatoms. The van der Waals surface area contributed by atoms with E-state index in [-0.39, 0.29) is 0 Å². The third-order valence-electron chi connectivity index (χ3n) is 7.48. The Kier molecular flexibility index (Phi) is 6.46. The molecular formula is C27H32ClN3O2. The van der Waals surface area contributed by atoms with Gasteiger partial charge in [0, 0.05) is 35.1 Å². The van der Waals surface area contributed by atoms with Gasteiger partial charge in [-0.1, -0.05) is 66.6 Å². The molecule has 0 saturated carbocycles. The number of para-hydroxylation sites is 1. The number of benzene rings is 2. The van der Waals surface area contributed by atoms with Crippen LogP contribution in [0.1, 0.15) is 43.2 Å². The van der Waals surface area contributed by atoms with Gasteiger partial charge in [-0.15, -0.1) is 0 Å². The SMILES string of the molecule is O=C(O)C1(Cl)C(CN2CCC(N3CCCCC3)CC2)=C(c2ccccc2)Nc2ccccc21. The number of fused-ring (bicyclic) bond motifs is 1. The summed E-state index contributed by atoms with van der Waals surface area (Å²) in [6.45, 7) is 4.90. The fourth-order valence-corrected chi connectivity index (χ4v) is 5.99. The first-order chi connectivity index (χ1) is 16.1. The Hall–Kier alpha value is -2.34. The molecule has 0 spiro atoms. The van der Waals surface area contributed by atoms with E-state index in [2.05, 4.69) is 15.1 Å². The zero-order chi connectivity index (χ0) is 22.8. The maximum atomic E-state index is 12.7. The van der Waals surface area contributed by atoms with Crippen LogP contribution in [0.5, 0.6) is 0 Å². The monoisotopic (exact) mass is 465 g/mol. The first kappa shape index (κ1) is 22.5. The van der Waals surface area contributed by atoms with Crippen molar-refractivity contribution in [2.24, 2.45) is 0 Å². The van der Waals surface area contributed by atoms with Gasteiger partial charge >= 0.3 is 5.97 Å². The van der Waals surface area contributed by atoms with E-state index in [4.69, 9.17) is 11.6 Å². The molecule has 1 atom stereocenters. The van der Waals surface area contributed by atoms with E-state index in [9.17, 15) is 9.90 Å². The summed E-state index contributed by atoms with van der Waals surface area (Å²) in [7, 11) is 0. The third-order valence-corrected chi connectivity index (χ3v) is 8.07. The topological polar surface area (TPSA) is 55.8 Å². The second-order valence-corrected chi connectivity index (χ2v) is 10.0. The predicted octanol–water partition coefficient (Wildman–Crippen LogP) is 4.99. The number of nitrogens with zero attached hydrogens (tertiary/aromatic N) is 2. The number of hydrogen-bond acceptors (Lipinski definition) is 4. The lowest BCUT2D eigenvalue weighted by atomic mass is 9.82. The van der Waals surface area contributed by atoms with Crippen molar-refractivity contribution in [2.75, 3.05) is 38.0 Å². The molecule has 3 aliphatic rings. The van der Waals surface area contributed by atoms with E-state index in [0.29, 0.717) is 18.2 Å². The zero-order valence-corrected chi connectivity index (χ0v) is 19.7. The number of hydrogen-bond donors (Lipinski definition) is 2. The minimum atomic E-state index is -1.60. The molecule has 2 aromatic carbocycles. The normalized spacial score (nSPS) is 24.9. The van der Waals surface area contributed by atoms with Crippen molar-refractivity contribution in [1.29, 1.82) is 0 Å². The predicted molar refractivity (Wildman–Crippen MR) is 133 cm³/mol. The summed E-state index contributed by atoms with van der Waals surface area (Å²) in [4.78, 5) is 16.2. The van der Waals surface area contributed by atoms with E-state index < -0.39 is 10.8 Å². The molecule has 2 aromatic rings. The van der Waals surface area contributed by atoms with Crippen molar-refractivity contribution in [3.05, 3.63) is 71.3 Å². The largest absolute Gasteiger partial charge is 0.479 e. The van der Waals surface area contributed by atoms with Gasteiger partial charge < -0.3 is 15.3 Å². The van der Waals surface area contributed by atoms with Crippen molar-refractivity contribution in [1.82, 2.24) is 9.80 Å². The van der Waals surface area contributed by atoms with Crippen LogP contribution in [0, 0.1) is 0 Å². The van der Waals surface area contributed by atoms with E-state index in [1.807, 2.05) is 54.6 Å². The van der Waals surface area contributed by atoms with Gasteiger partial charge in [-0.05, 0) is 63.5 Å². The van der Waals surface area contributed by atoms with Gasteiger partial charge in [0.15, 0.2) is 4.87 Å². The van der Waals surface area contributed by atoms with Crippen molar-refractivity contribution < 1.29 is 9.90 Å². The van der Waals surface area contributed by atoms with Gasteiger partial charge in [0.2, 0.25) is 0 Å². The first-order valence-corrected chi connectivity index (χ1v) is 12.5. The highest BCUT2D eigenvalue weighted by Crippen LogP contribution is 2.48. The van der Waals surface area contributed by atoms with Crippen LogP contribution in [-0.2, 0) is 9.67 Å². The zero-order valence-electron chi connectivity index (χ0n) is 19.0. The van der Waals surface area contributed by atoms with Crippen molar-refractivity contribution in [3.63, 3.8) is 0 Å². The summed E-state index contributed by atoms with van der Waals surface area (Å²) in [5.41, 5.74) is 3.85. The number of halogens is 1. The minimum Gasteiger partial charge on any atom is -0.479 e. The number of rotatable bonds is 5. The van der Waals surface area contributed by atoms with Crippen LogP contribution in [0.4, 0.5) is 5.69 Å². The molecule has 1 unspecified atom stereocenters. The molecule has 0 amide bonds. The quantitative estimate of drug-likeness (QED) is 0.609. The minimum absolute atomic E-state index is 0.536. The number of piperidine rings is 2. The number of nitrogens with one attached hydrogen (secondary N) is 1. The molecule has 0 aromatic heterocycles. The molecule has 0 aliphatic carbocycles. The molecular weight excluding hydrogens is 434 g/mol. The lowest BCUT2D eigenvalue weighted by Crippen LogP contribution is -2.48. The number of carbonyl (C=O) groups is 1. The summed E-state index contributed by atoms with van der Waals surface area (Å²) in [6, 6.07) is 18.1. The standard InChI is InChI=1S/C27H32ClN3O2/c28-27(26(32)33)22-11-5-6-12-24(22)29-25(20-9-3-1-4-10-20)23(27)19-30-17-13-21(14-18-30)31-15-7-2-8-16-31/h1,3-6,9-12,21,29H,2,7-8,13-19H2,(H,32,33). The fourth-order valence-electron chi connectivity index (χ4n) is 5.67. The highest BCUT2D eigenvalue weighted by molar-refractivity contribution is 6.37. The molecule has 33 heavy (non-hydrogen) atoms. The smallest absolute Gasteiger partial charge is 0.333 e. The fraction of sp³-hybridized carbons (Fsp3) is 0.444. The molecule has 3 heterocycles. The molecule has 3 aliphatic heterocycles. The van der Waals surface area contributed by atoms with Crippen molar-refractivity contribution >= 4 is 29.0 Å². The summed E-state index contributed by atoms with van der Waals surface area (Å²) >= 11 is 7.09. The van der Waals surface area contributed by atoms with Crippen LogP contribution in [0.2, 0.25) is 0 Å². The summed E-state index contributed by atoms with van der Waals surface area (Å²) in [5, 5.41) is 13.9. The number of carboxylic acids is 1. The van der Waals surface area contributed by atoms with E-state index in [0.717, 1.165) is 48.5 Å². The highest BCUT2D eigenvalue weighted by Gasteiger charge is 2.48. The van der Waals surface area contributed by atoms with Gasteiger partial charge in [-0.25, -0.2) is 4.79 Å². The van der Waals surface area contributed by atoms with E-state index >= 15 is 0 Å². The maximum absolute atomic E-state index is 12.7. The molecule has 2 fully saturated rings. The maximum Gasteiger partial charge on any atom is 0.333 e. The Bertz CT molecular complexity index is 1030. The average molecular weight is 466 g/mol. The second kappa shape index (κ2) is 9.49. The lowest BCUT2D eigenvalue weighted by molar-refractivity contribution is -0.139. The number of alkyl halides is 1. The number of carboxylic acid groups (broad SMARTS) is 1. The van der Waals surface area contributed by atoms with Crippen LogP contribution in [0.3, 0.4) is 0 Å². The molecule has 0 bridgehead atoms. The molecule has 2 N–H and O–H groups in total. The van der Waals surface area contributed by atoms with E-state index in [1.54, 1.807) is 0 Å². The van der Waals surface area contributed by atoms with Crippen LogP contribution in [0.15, 0.2) is 60.2 Å². The third kappa shape index (κ3) is 4.30. The van der Waals surface area contributed by atoms with Crippen LogP contribution >= 0.6 is 11.6 Å². The highest BCUT2D eigenvalue weighted by atomic mass is 35.5. The molecule has 174 valence electrons. The Labute approximate surface area is 201 Å². The van der Waals surface area contributed by atoms with Gasteiger partial charge in [0.1, 0.15) is 0 Å². The molecule has 5 nitrogen and oxygen atoms in total. The van der Waals surface area contributed by atoms with Gasteiger partial charge in [0.05, 0.1) is 0 Å². The summed E-state index contributed by atoms with van der Waals surface area (Å²) in [6.07, 6.45) is 6.23. The van der Waals surface area contributed by atoms with Gasteiger partial charge in [0.25, 0.3) is 0 Å². The summed E-state index contributed by atoms with van der Waals surface area (Å²) in [5.74, 6) is -1.02. The van der Waals surface area contributed by atoms with Crippen LogP contribution in [-0.4, -0.2) is 59.6 Å². The van der Waals surface area contributed by atoms with Crippen molar-refractivity contribution in [3.8, 4) is 0 Å². The number of anilines is 1. The lowest BCUT2D eigenvalue weighted by Gasteiger charge is -2.42. The number of aliphatic carboxylic acids is 1. The Morgan fingerprint density at radius 1 is 0.970 bits per heavy atom. The van der Waals surface area contributed by atoms with Crippen LogP contribution < -0.4 is 5.32 Å². The average Bonchev–Trinajstić information content (AvgIpc) is 2.87. The van der Waals surface area contributed by atoms with E-state index in [1.165, 1.54) is 32.4 Å². The molecule has 2 saturated heterocycles. The summed E-state index contributed by atoms with van der Waals surface area (Å²) < 4.78 is 0. The van der Waals surface area contributed by atoms with Gasteiger partial charge in [-0.3, -0.25) is 4.90 Å². The first-order valence-electron chi connectivity index (χ1n) is 12.1. The molecule has 0 radical (unpaired) electrons. The second-order valence-electron chi connectivity index (χ2n) is 9.46. The van der Waals surface area contributed by atoms with Crippen molar-refractivity contribution in [2.45, 2.75) is 43.0 Å². The molecule has 5 rings (SSSR count). The Balaban J connectivity index is 1.46. The van der Waals surface area contributed by atoms with Crippen LogP contribution in [0.25, 0.3) is 5.70 Å². The van der Waals surface area contributed by atoms with Gasteiger partial charge in [-0.2, -0.15) is 0 Å². The Morgan fingerprint density at radius 3 is 2.33 bits per heavy atom.